The van der Waals surface area contributed by atoms with Crippen molar-refractivity contribution in [2.75, 3.05) is 0 Å². The van der Waals surface area contributed by atoms with E-state index in [2.05, 4.69) is 29.4 Å². The molecule has 0 radical (unpaired) electrons. The van der Waals surface area contributed by atoms with Gasteiger partial charge in [-0.2, -0.15) is 0 Å². The fourth-order valence-corrected chi connectivity index (χ4v) is 3.10. The smallest absolute Gasteiger partial charge is 0.225 e. The molecular formula is C16H18N4OS. The third-order valence-corrected chi connectivity index (χ3v) is 4.39. The monoisotopic (exact) mass is 314 g/mol. The van der Waals surface area contributed by atoms with Crippen LogP contribution in [0.2, 0.25) is 0 Å². The van der Waals surface area contributed by atoms with Crippen molar-refractivity contribution in [2.24, 2.45) is 5.92 Å². The van der Waals surface area contributed by atoms with Crippen LogP contribution in [0.3, 0.4) is 0 Å². The Hall–Kier alpha value is -2.21. The minimum atomic E-state index is -0.162. The van der Waals surface area contributed by atoms with Gasteiger partial charge in [-0.15, -0.1) is 21.5 Å². The van der Waals surface area contributed by atoms with Crippen molar-refractivity contribution in [1.29, 1.82) is 0 Å². The summed E-state index contributed by atoms with van der Waals surface area (Å²) in [6.45, 7) is 4.14. The molecule has 3 aromatic rings. The highest BCUT2D eigenvalue weighted by Gasteiger charge is 2.23. The molecule has 0 saturated heterocycles. The van der Waals surface area contributed by atoms with Gasteiger partial charge in [-0.1, -0.05) is 26.0 Å². The van der Waals surface area contributed by atoms with Crippen LogP contribution >= 0.6 is 11.3 Å². The Morgan fingerprint density at radius 3 is 2.86 bits per heavy atom. The van der Waals surface area contributed by atoms with Crippen LogP contribution in [0, 0.1) is 5.92 Å². The van der Waals surface area contributed by atoms with Crippen LogP contribution in [0.4, 0.5) is 0 Å². The van der Waals surface area contributed by atoms with Gasteiger partial charge in [0, 0.05) is 11.1 Å². The van der Waals surface area contributed by atoms with Crippen LogP contribution in [0.25, 0.3) is 5.65 Å². The fraction of sp³-hybridized carbons (Fsp3) is 0.312. The molecular weight excluding hydrogens is 296 g/mol. The van der Waals surface area contributed by atoms with E-state index in [0.29, 0.717) is 6.42 Å². The number of hydrogen-bond acceptors (Lipinski definition) is 4. The van der Waals surface area contributed by atoms with Crippen LogP contribution in [-0.2, 0) is 11.2 Å². The molecule has 1 atom stereocenters. The molecule has 0 unspecified atom stereocenters. The molecule has 3 aromatic heterocycles. The molecule has 0 fully saturated rings. The van der Waals surface area contributed by atoms with Gasteiger partial charge in [0.15, 0.2) is 11.5 Å². The Kier molecular flexibility index (Phi) is 4.20. The normalized spacial score (nSPS) is 12.7. The summed E-state index contributed by atoms with van der Waals surface area (Å²) < 4.78 is 1.93. The predicted octanol–water partition coefficient (Wildman–Crippen LogP) is 2.85. The number of aromatic nitrogens is 3. The van der Waals surface area contributed by atoms with E-state index < -0.39 is 0 Å². The minimum Gasteiger partial charge on any atom is -0.345 e. The van der Waals surface area contributed by atoms with E-state index in [1.165, 1.54) is 0 Å². The van der Waals surface area contributed by atoms with Crippen molar-refractivity contribution in [3.8, 4) is 0 Å². The standard InChI is InChI=1S/C16H18N4OS/c1-11(2)15(17-14(21)10-12-6-5-9-22-12)16-19-18-13-7-3-4-8-20(13)16/h3-9,11,15H,10H2,1-2H3,(H,17,21)/t15-/m0/s1. The lowest BCUT2D eigenvalue weighted by atomic mass is 10.0. The van der Waals surface area contributed by atoms with Gasteiger partial charge in [-0.25, -0.2) is 0 Å². The summed E-state index contributed by atoms with van der Waals surface area (Å²) in [7, 11) is 0. The lowest BCUT2D eigenvalue weighted by Crippen LogP contribution is -2.34. The second-order valence-electron chi connectivity index (χ2n) is 5.53. The number of fused-ring (bicyclic) bond motifs is 1. The molecule has 6 heteroatoms. The molecule has 3 rings (SSSR count). The number of amides is 1. The van der Waals surface area contributed by atoms with Crippen LogP contribution in [0.15, 0.2) is 41.9 Å². The van der Waals surface area contributed by atoms with E-state index in [4.69, 9.17) is 0 Å². The summed E-state index contributed by atoms with van der Waals surface area (Å²) in [5, 5.41) is 13.5. The van der Waals surface area contributed by atoms with Gasteiger partial charge < -0.3 is 5.32 Å². The summed E-state index contributed by atoms with van der Waals surface area (Å²) in [6, 6.07) is 9.53. The summed E-state index contributed by atoms with van der Waals surface area (Å²) in [5.74, 6) is 0.999. The van der Waals surface area contributed by atoms with E-state index >= 15 is 0 Å². The lowest BCUT2D eigenvalue weighted by molar-refractivity contribution is -0.121. The maximum atomic E-state index is 12.3. The molecule has 1 amide bonds. The van der Waals surface area contributed by atoms with Crippen molar-refractivity contribution in [3.63, 3.8) is 0 Å². The maximum Gasteiger partial charge on any atom is 0.225 e. The highest BCUT2D eigenvalue weighted by atomic mass is 32.1. The molecule has 5 nitrogen and oxygen atoms in total. The van der Waals surface area contributed by atoms with Gasteiger partial charge in [-0.05, 0) is 29.5 Å². The van der Waals surface area contributed by atoms with E-state index in [1.54, 1.807) is 11.3 Å². The molecule has 0 bridgehead atoms. The zero-order valence-electron chi connectivity index (χ0n) is 12.6. The summed E-state index contributed by atoms with van der Waals surface area (Å²) >= 11 is 1.59. The molecule has 0 aromatic carbocycles. The Balaban J connectivity index is 1.82. The number of nitrogens with zero attached hydrogens (tertiary/aromatic N) is 3. The Morgan fingerprint density at radius 2 is 2.14 bits per heavy atom. The van der Waals surface area contributed by atoms with E-state index in [0.717, 1.165) is 16.3 Å². The van der Waals surface area contributed by atoms with Gasteiger partial charge in [-0.3, -0.25) is 9.20 Å². The quantitative estimate of drug-likeness (QED) is 0.788. The van der Waals surface area contributed by atoms with Crippen LogP contribution in [0.1, 0.15) is 30.6 Å². The molecule has 22 heavy (non-hydrogen) atoms. The zero-order chi connectivity index (χ0) is 15.5. The number of nitrogens with one attached hydrogen (secondary N) is 1. The number of rotatable bonds is 5. The van der Waals surface area contributed by atoms with Crippen LogP contribution in [0.5, 0.6) is 0 Å². The van der Waals surface area contributed by atoms with Crippen molar-refractivity contribution < 1.29 is 4.79 Å². The SMILES string of the molecule is CC(C)[C@H](NC(=O)Cc1cccs1)c1nnc2ccccn12. The first-order valence-electron chi connectivity index (χ1n) is 7.26. The van der Waals surface area contributed by atoms with Crippen molar-refractivity contribution in [3.05, 3.63) is 52.6 Å². The van der Waals surface area contributed by atoms with Gasteiger partial charge in [0.25, 0.3) is 0 Å². The van der Waals surface area contributed by atoms with Gasteiger partial charge in [0.05, 0.1) is 12.5 Å². The number of carbonyl (C=O) groups is 1. The van der Waals surface area contributed by atoms with E-state index in [1.807, 2.05) is 46.3 Å². The third-order valence-electron chi connectivity index (χ3n) is 3.52. The second kappa shape index (κ2) is 6.27. The molecule has 0 spiro atoms. The first kappa shape index (κ1) is 14.7. The second-order valence-corrected chi connectivity index (χ2v) is 6.56. The summed E-state index contributed by atoms with van der Waals surface area (Å²) in [6.07, 6.45) is 2.32. The molecule has 0 aliphatic heterocycles. The van der Waals surface area contributed by atoms with Crippen molar-refractivity contribution >= 4 is 22.9 Å². The first-order chi connectivity index (χ1) is 10.6. The van der Waals surface area contributed by atoms with Crippen LogP contribution < -0.4 is 5.32 Å². The first-order valence-corrected chi connectivity index (χ1v) is 8.14. The van der Waals surface area contributed by atoms with E-state index in [-0.39, 0.29) is 17.9 Å². The predicted molar refractivity (Wildman–Crippen MR) is 86.7 cm³/mol. The Labute approximate surface area is 133 Å². The highest BCUT2D eigenvalue weighted by Crippen LogP contribution is 2.21. The van der Waals surface area contributed by atoms with Crippen LogP contribution in [-0.4, -0.2) is 20.5 Å². The molecule has 1 N–H and O–H groups in total. The maximum absolute atomic E-state index is 12.3. The average Bonchev–Trinajstić information content (AvgIpc) is 3.14. The lowest BCUT2D eigenvalue weighted by Gasteiger charge is -2.20. The molecule has 0 saturated carbocycles. The third kappa shape index (κ3) is 3.01. The Bertz CT molecular complexity index is 763. The van der Waals surface area contributed by atoms with Gasteiger partial charge >= 0.3 is 0 Å². The average molecular weight is 314 g/mol. The summed E-state index contributed by atoms with van der Waals surface area (Å²) in [4.78, 5) is 13.4. The van der Waals surface area contributed by atoms with Crippen molar-refractivity contribution in [2.45, 2.75) is 26.3 Å². The topological polar surface area (TPSA) is 59.3 Å². The molecule has 114 valence electrons. The number of hydrogen-bond donors (Lipinski definition) is 1. The largest absolute Gasteiger partial charge is 0.345 e. The Morgan fingerprint density at radius 1 is 1.27 bits per heavy atom. The molecule has 0 aliphatic rings. The van der Waals surface area contributed by atoms with E-state index in [9.17, 15) is 4.79 Å². The number of carbonyl (C=O) groups excluding carboxylic acids is 1. The number of pyridine rings is 1. The zero-order valence-corrected chi connectivity index (χ0v) is 13.4. The van der Waals surface area contributed by atoms with Crippen molar-refractivity contribution in [1.82, 2.24) is 19.9 Å². The molecule has 0 aliphatic carbocycles. The van der Waals surface area contributed by atoms with Gasteiger partial charge in [0.1, 0.15) is 0 Å². The molecule has 3 heterocycles. The van der Waals surface area contributed by atoms with Gasteiger partial charge in [0.2, 0.25) is 5.91 Å². The highest BCUT2D eigenvalue weighted by molar-refractivity contribution is 7.10. The fourth-order valence-electron chi connectivity index (χ4n) is 2.40. The minimum absolute atomic E-state index is 0.00818. The number of thiophene rings is 1. The summed E-state index contributed by atoms with van der Waals surface area (Å²) in [5.41, 5.74) is 0.788.